The molecule has 246 valence electrons. The fourth-order valence-corrected chi connectivity index (χ4v) is 6.36. The van der Waals surface area contributed by atoms with Crippen LogP contribution in [-0.2, 0) is 16.5 Å². The summed E-state index contributed by atoms with van der Waals surface area (Å²) in [4.78, 5) is 36.6. The normalized spacial score (nSPS) is 14.6. The van der Waals surface area contributed by atoms with Gasteiger partial charge in [-0.15, -0.1) is 11.3 Å². The Morgan fingerprint density at radius 1 is 1.06 bits per heavy atom. The first-order valence-electron chi connectivity index (χ1n) is 15.4. The highest BCUT2D eigenvalue weighted by Gasteiger charge is 2.28. The highest BCUT2D eigenvalue weighted by Crippen LogP contribution is 2.37. The molecular weight excluding hydrogens is 620 g/mol. The van der Waals surface area contributed by atoms with Crippen LogP contribution in [0.3, 0.4) is 0 Å². The van der Waals surface area contributed by atoms with Gasteiger partial charge in [0.1, 0.15) is 34.9 Å². The fourth-order valence-electron chi connectivity index (χ4n) is 5.37. The van der Waals surface area contributed by atoms with E-state index in [1.54, 1.807) is 15.9 Å². The van der Waals surface area contributed by atoms with E-state index in [2.05, 4.69) is 10.1 Å². The number of ether oxygens (including phenoxy) is 4. The summed E-state index contributed by atoms with van der Waals surface area (Å²) in [5.74, 6) is 0.374. The van der Waals surface area contributed by atoms with E-state index in [0.29, 0.717) is 48.1 Å². The van der Waals surface area contributed by atoms with Crippen LogP contribution in [0.4, 0.5) is 4.79 Å². The monoisotopic (exact) mass is 658 g/mol. The molecule has 4 aromatic heterocycles. The minimum atomic E-state index is -0.533. The summed E-state index contributed by atoms with van der Waals surface area (Å²) in [6.45, 7) is 8.55. The molecule has 12 nitrogen and oxygen atoms in total. The lowest BCUT2D eigenvalue weighted by Crippen LogP contribution is -2.44. The predicted octanol–water partition coefficient (Wildman–Crippen LogP) is 6.59. The zero-order valence-electron chi connectivity index (χ0n) is 27.3. The molecule has 1 aromatic carbocycles. The maximum absolute atomic E-state index is 12.8. The third kappa shape index (κ3) is 7.25. The first kappa shape index (κ1) is 32.0. The Kier molecular flexibility index (Phi) is 8.91. The average molecular weight is 659 g/mol. The Hall–Kier alpha value is -4.91. The molecule has 1 amide bonds. The first-order chi connectivity index (χ1) is 22.5. The van der Waals surface area contributed by atoms with Gasteiger partial charge in [-0.1, -0.05) is 12.1 Å². The number of benzene rings is 1. The number of pyridine rings is 1. The number of likely N-dealkylation sites (tertiary alicyclic amines) is 1. The zero-order valence-corrected chi connectivity index (χ0v) is 28.1. The van der Waals surface area contributed by atoms with Gasteiger partial charge in [0.05, 0.1) is 30.0 Å². The molecule has 1 aliphatic rings. The number of imidazole rings is 1. The Morgan fingerprint density at radius 2 is 1.85 bits per heavy atom. The van der Waals surface area contributed by atoms with Crippen LogP contribution in [0.2, 0.25) is 0 Å². The number of carbonyl (C=O) groups excluding carboxylic acids is 2. The van der Waals surface area contributed by atoms with Crippen molar-refractivity contribution < 1.29 is 28.5 Å². The summed E-state index contributed by atoms with van der Waals surface area (Å²) in [6, 6.07) is 13.4. The van der Waals surface area contributed by atoms with E-state index >= 15 is 0 Å². The first-order valence-corrected chi connectivity index (χ1v) is 16.3. The Bertz CT molecular complexity index is 1900. The predicted molar refractivity (Wildman–Crippen MR) is 177 cm³/mol. The number of hydrogen-bond donors (Lipinski definition) is 0. The lowest BCUT2D eigenvalue weighted by atomic mass is 10.1. The molecule has 0 radical (unpaired) electrons. The molecule has 5 aromatic rings. The smallest absolute Gasteiger partial charge is 0.410 e. The number of aromatic nitrogens is 5. The van der Waals surface area contributed by atoms with Crippen LogP contribution in [0.1, 0.15) is 62.0 Å². The van der Waals surface area contributed by atoms with Crippen molar-refractivity contribution in [2.24, 2.45) is 7.05 Å². The van der Waals surface area contributed by atoms with Gasteiger partial charge in [0.2, 0.25) is 5.88 Å². The number of carbonyl (C=O) groups is 2. The van der Waals surface area contributed by atoms with Gasteiger partial charge in [-0.2, -0.15) is 5.10 Å². The van der Waals surface area contributed by atoms with Crippen molar-refractivity contribution in [3.05, 3.63) is 71.8 Å². The number of rotatable bonds is 8. The standard InChI is InChI=1S/C34H38N6O6S/c1-21(25-8-7-9-29(37-25)45-24-12-14-39(15-13-24)33(42)46-34(2,3)4)44-28-17-30(47-31(28)32(41)43-6)40-20-35-26-16-22(10-11-27(26)40)23-18-36-38(5)19-23/h7-11,16-21,24H,12-15H2,1-6H3. The third-order valence-electron chi connectivity index (χ3n) is 7.73. The van der Waals surface area contributed by atoms with Crippen LogP contribution in [0.15, 0.2) is 61.2 Å². The van der Waals surface area contributed by atoms with Crippen LogP contribution in [0, 0.1) is 0 Å². The molecule has 0 saturated carbocycles. The molecule has 0 aliphatic carbocycles. The van der Waals surface area contributed by atoms with Gasteiger partial charge in [-0.05, 0) is 51.5 Å². The number of amides is 1. The molecule has 13 heteroatoms. The molecule has 1 fully saturated rings. The van der Waals surface area contributed by atoms with Crippen molar-refractivity contribution in [1.82, 2.24) is 29.2 Å². The van der Waals surface area contributed by atoms with Crippen LogP contribution in [0.5, 0.6) is 11.6 Å². The number of thiophene rings is 1. The molecule has 1 saturated heterocycles. The fraction of sp³-hybridized carbons (Fsp3) is 0.382. The number of fused-ring (bicyclic) bond motifs is 1. The van der Waals surface area contributed by atoms with E-state index in [1.165, 1.54) is 18.4 Å². The molecule has 1 atom stereocenters. The van der Waals surface area contributed by atoms with Gasteiger partial charge in [0.25, 0.3) is 0 Å². The second-order valence-electron chi connectivity index (χ2n) is 12.4. The van der Waals surface area contributed by atoms with E-state index in [9.17, 15) is 9.59 Å². The molecule has 6 rings (SSSR count). The minimum absolute atomic E-state index is 0.0801. The average Bonchev–Trinajstić information content (AvgIpc) is 3.78. The second kappa shape index (κ2) is 13.1. The number of methoxy groups -OCH3 is 1. The van der Waals surface area contributed by atoms with Crippen LogP contribution < -0.4 is 9.47 Å². The molecule has 47 heavy (non-hydrogen) atoms. The quantitative estimate of drug-likeness (QED) is 0.170. The highest BCUT2D eigenvalue weighted by molar-refractivity contribution is 7.16. The summed E-state index contributed by atoms with van der Waals surface area (Å²) in [7, 11) is 3.23. The molecule has 0 bridgehead atoms. The van der Waals surface area contributed by atoms with E-state index in [1.807, 2.05) is 94.2 Å². The van der Waals surface area contributed by atoms with Gasteiger partial charge in [0.15, 0.2) is 4.88 Å². The Labute approximate surface area is 276 Å². The van der Waals surface area contributed by atoms with Crippen LogP contribution in [-0.4, -0.2) is 73.2 Å². The molecule has 0 N–H and O–H groups in total. The lowest BCUT2D eigenvalue weighted by Gasteiger charge is -2.33. The number of esters is 1. The topological polar surface area (TPSA) is 123 Å². The number of nitrogens with zero attached hydrogens (tertiary/aromatic N) is 6. The van der Waals surface area contributed by atoms with Crippen LogP contribution in [0.25, 0.3) is 27.2 Å². The summed E-state index contributed by atoms with van der Waals surface area (Å²) < 4.78 is 26.8. The molecule has 1 unspecified atom stereocenters. The minimum Gasteiger partial charge on any atom is -0.483 e. The maximum atomic E-state index is 12.8. The number of piperidine rings is 1. The van der Waals surface area contributed by atoms with E-state index < -0.39 is 17.7 Å². The van der Waals surface area contributed by atoms with Crippen molar-refractivity contribution in [3.63, 3.8) is 0 Å². The van der Waals surface area contributed by atoms with Gasteiger partial charge in [0, 0.05) is 56.9 Å². The third-order valence-corrected chi connectivity index (χ3v) is 8.82. The number of hydrogen-bond acceptors (Lipinski definition) is 10. The van der Waals surface area contributed by atoms with E-state index in [0.717, 1.165) is 27.2 Å². The lowest BCUT2D eigenvalue weighted by molar-refractivity contribution is 0.0122. The van der Waals surface area contributed by atoms with Crippen molar-refractivity contribution in [3.8, 4) is 27.8 Å². The summed E-state index contributed by atoms with van der Waals surface area (Å²) in [5.41, 5.74) is 3.83. The van der Waals surface area contributed by atoms with Crippen molar-refractivity contribution in [1.29, 1.82) is 0 Å². The summed E-state index contributed by atoms with van der Waals surface area (Å²) >= 11 is 1.27. The van der Waals surface area contributed by atoms with Crippen LogP contribution >= 0.6 is 11.3 Å². The van der Waals surface area contributed by atoms with Gasteiger partial charge < -0.3 is 23.8 Å². The highest BCUT2D eigenvalue weighted by atomic mass is 32.1. The molecule has 0 spiro atoms. The van der Waals surface area contributed by atoms with Gasteiger partial charge in [-0.25, -0.2) is 19.6 Å². The van der Waals surface area contributed by atoms with E-state index in [4.69, 9.17) is 23.9 Å². The second-order valence-corrected chi connectivity index (χ2v) is 13.5. The van der Waals surface area contributed by atoms with Gasteiger partial charge in [-0.3, -0.25) is 9.25 Å². The molecular formula is C34H38N6O6S. The zero-order chi connectivity index (χ0) is 33.3. The summed E-state index contributed by atoms with van der Waals surface area (Å²) in [6.07, 6.45) is 5.97. The maximum Gasteiger partial charge on any atom is 0.410 e. The summed E-state index contributed by atoms with van der Waals surface area (Å²) in [5, 5.41) is 5.02. The number of aryl methyl sites for hydroxylation is 1. The molecule has 1 aliphatic heterocycles. The Balaban J connectivity index is 1.16. The van der Waals surface area contributed by atoms with Crippen molar-refractivity contribution in [2.45, 2.75) is 58.3 Å². The molecule has 5 heterocycles. The van der Waals surface area contributed by atoms with Crippen molar-refractivity contribution in [2.75, 3.05) is 20.2 Å². The van der Waals surface area contributed by atoms with Crippen molar-refractivity contribution >= 4 is 34.4 Å². The largest absolute Gasteiger partial charge is 0.483 e. The van der Waals surface area contributed by atoms with E-state index in [-0.39, 0.29) is 12.2 Å². The Morgan fingerprint density at radius 3 is 2.55 bits per heavy atom. The SMILES string of the molecule is COC(=O)c1sc(-n2cnc3cc(-c4cnn(C)c4)ccc32)cc1OC(C)c1cccc(OC2CCN(C(=O)OC(C)(C)C)CC2)n1. The van der Waals surface area contributed by atoms with Gasteiger partial charge >= 0.3 is 12.1 Å².